The van der Waals surface area contributed by atoms with E-state index in [-0.39, 0.29) is 0 Å². The second-order valence-corrected chi connectivity index (χ2v) is 2.97. The minimum atomic E-state index is 0.656. The lowest BCUT2D eigenvalue weighted by atomic mass is 10.0. The van der Waals surface area contributed by atoms with Gasteiger partial charge in [-0.3, -0.25) is 0 Å². The quantitative estimate of drug-likeness (QED) is 0.433. The highest BCUT2D eigenvalue weighted by atomic mass is 14.0. The molecule has 0 amide bonds. The molecule has 0 heteroatoms. The van der Waals surface area contributed by atoms with Crippen molar-refractivity contribution < 1.29 is 0 Å². The summed E-state index contributed by atoms with van der Waals surface area (Å²) >= 11 is 0. The van der Waals surface area contributed by atoms with Crippen LogP contribution in [0.25, 0.3) is 0 Å². The summed E-state index contributed by atoms with van der Waals surface area (Å²) in [7, 11) is 0. The van der Waals surface area contributed by atoms with Crippen molar-refractivity contribution in [3.8, 4) is 0 Å². The molecule has 0 saturated carbocycles. The summed E-state index contributed by atoms with van der Waals surface area (Å²) in [6, 6.07) is 0. The van der Waals surface area contributed by atoms with Crippen LogP contribution in [0.2, 0.25) is 0 Å². The average Bonchev–Trinajstić information content (AvgIpc) is 2.16. The monoisotopic (exact) mass is 176 g/mol. The van der Waals surface area contributed by atoms with Gasteiger partial charge >= 0.3 is 0 Å². The molecule has 0 aliphatic heterocycles. The van der Waals surface area contributed by atoms with Gasteiger partial charge in [-0.15, -0.1) is 5.73 Å². The van der Waals surface area contributed by atoms with Gasteiger partial charge in [-0.2, -0.15) is 0 Å². The van der Waals surface area contributed by atoms with Crippen LogP contribution in [0.1, 0.15) is 33.6 Å². The number of hydrogen-bond acceptors (Lipinski definition) is 0. The summed E-state index contributed by atoms with van der Waals surface area (Å²) in [6.07, 6.45) is 14.8. The Morgan fingerprint density at radius 2 is 2.00 bits per heavy atom. The van der Waals surface area contributed by atoms with Crippen molar-refractivity contribution >= 4 is 0 Å². The van der Waals surface area contributed by atoms with E-state index in [0.29, 0.717) is 5.92 Å². The molecule has 0 saturated heterocycles. The Balaban J connectivity index is 3.96. The van der Waals surface area contributed by atoms with Crippen LogP contribution >= 0.6 is 0 Å². The van der Waals surface area contributed by atoms with Gasteiger partial charge in [0.15, 0.2) is 0 Å². The van der Waals surface area contributed by atoms with Crippen LogP contribution in [-0.2, 0) is 0 Å². The predicted octanol–water partition coefficient (Wildman–Crippen LogP) is 4.27. The number of rotatable bonds is 5. The first-order valence-corrected chi connectivity index (χ1v) is 5.00. The third-order valence-corrected chi connectivity index (χ3v) is 1.92. The maximum Gasteiger partial charge on any atom is -0.0192 e. The molecule has 0 bridgehead atoms. The minimum Gasteiger partial charge on any atom is -0.130 e. The lowest BCUT2D eigenvalue weighted by molar-refractivity contribution is 0.638. The summed E-state index contributed by atoms with van der Waals surface area (Å²) in [6.45, 7) is 6.24. The molecule has 0 rings (SSSR count). The molecule has 0 radical (unpaired) electrons. The van der Waals surface area contributed by atoms with Gasteiger partial charge in [-0.05, 0) is 44.8 Å². The zero-order chi connectivity index (χ0) is 9.94. The maximum atomic E-state index is 3.10. The largest absolute Gasteiger partial charge is 0.130 e. The Bertz CT molecular complexity index is 212. The van der Waals surface area contributed by atoms with Gasteiger partial charge in [0.2, 0.25) is 0 Å². The zero-order valence-corrected chi connectivity index (χ0v) is 8.96. The molecule has 0 aliphatic carbocycles. The van der Waals surface area contributed by atoms with E-state index in [9.17, 15) is 0 Å². The Morgan fingerprint density at radius 1 is 1.23 bits per heavy atom. The topological polar surface area (TPSA) is 0 Å². The van der Waals surface area contributed by atoms with E-state index in [1.165, 1.54) is 6.42 Å². The molecule has 0 fully saturated rings. The van der Waals surface area contributed by atoms with Gasteiger partial charge in [-0.1, -0.05) is 31.2 Å². The summed E-state index contributed by atoms with van der Waals surface area (Å²) in [5.41, 5.74) is 3.10. The molecular weight excluding hydrogens is 156 g/mol. The predicted molar refractivity (Wildman–Crippen MR) is 60.7 cm³/mol. The van der Waals surface area contributed by atoms with Crippen molar-refractivity contribution in [1.29, 1.82) is 0 Å². The normalized spacial score (nSPS) is 13.2. The van der Waals surface area contributed by atoms with Crippen molar-refractivity contribution in [3.05, 3.63) is 42.2 Å². The minimum absolute atomic E-state index is 0.656. The second-order valence-electron chi connectivity index (χ2n) is 2.97. The second kappa shape index (κ2) is 9.09. The van der Waals surface area contributed by atoms with Crippen LogP contribution in [0.3, 0.4) is 0 Å². The average molecular weight is 176 g/mol. The summed E-state index contributed by atoms with van der Waals surface area (Å²) in [5.74, 6) is 0.656. The number of allylic oxidation sites excluding steroid dienone is 5. The smallest absolute Gasteiger partial charge is 0.0192 e. The van der Waals surface area contributed by atoms with E-state index >= 15 is 0 Å². The summed E-state index contributed by atoms with van der Waals surface area (Å²) in [4.78, 5) is 0. The molecule has 0 aliphatic rings. The third kappa shape index (κ3) is 7.36. The van der Waals surface area contributed by atoms with Crippen LogP contribution < -0.4 is 0 Å². The molecule has 0 N–H and O–H groups in total. The Morgan fingerprint density at radius 3 is 2.54 bits per heavy atom. The van der Waals surface area contributed by atoms with E-state index in [1.807, 2.05) is 26.0 Å². The lowest BCUT2D eigenvalue weighted by Crippen LogP contribution is -1.90. The van der Waals surface area contributed by atoms with Crippen LogP contribution in [0.4, 0.5) is 0 Å². The third-order valence-electron chi connectivity index (χ3n) is 1.92. The van der Waals surface area contributed by atoms with Crippen molar-refractivity contribution in [2.24, 2.45) is 5.92 Å². The van der Waals surface area contributed by atoms with Gasteiger partial charge in [0.1, 0.15) is 0 Å². The SMILES string of the molecule is CC=C=CCC(C=CC=CC)CC. The Labute approximate surface area is 82.4 Å². The zero-order valence-electron chi connectivity index (χ0n) is 8.96. The van der Waals surface area contributed by atoms with Gasteiger partial charge in [0.05, 0.1) is 0 Å². The summed E-state index contributed by atoms with van der Waals surface area (Å²) < 4.78 is 0. The van der Waals surface area contributed by atoms with Crippen molar-refractivity contribution in [1.82, 2.24) is 0 Å². The van der Waals surface area contributed by atoms with E-state index in [4.69, 9.17) is 0 Å². The van der Waals surface area contributed by atoms with Crippen LogP contribution in [0, 0.1) is 5.92 Å². The lowest BCUT2D eigenvalue weighted by Gasteiger charge is -2.03. The fourth-order valence-electron chi connectivity index (χ4n) is 1.05. The molecule has 13 heavy (non-hydrogen) atoms. The molecule has 0 aromatic heterocycles. The molecule has 0 nitrogen and oxygen atoms in total. The van der Waals surface area contributed by atoms with Gasteiger partial charge in [0.25, 0.3) is 0 Å². The molecular formula is C13H20. The van der Waals surface area contributed by atoms with E-state index in [0.717, 1.165) is 6.42 Å². The van der Waals surface area contributed by atoms with Crippen LogP contribution in [0.5, 0.6) is 0 Å². The molecule has 0 heterocycles. The molecule has 0 aromatic carbocycles. The first-order valence-electron chi connectivity index (χ1n) is 5.00. The molecule has 72 valence electrons. The molecule has 0 aromatic rings. The van der Waals surface area contributed by atoms with Gasteiger partial charge in [0, 0.05) is 0 Å². The summed E-state index contributed by atoms with van der Waals surface area (Å²) in [5, 5.41) is 0. The van der Waals surface area contributed by atoms with Crippen molar-refractivity contribution in [3.63, 3.8) is 0 Å². The first-order chi connectivity index (χ1) is 6.35. The van der Waals surface area contributed by atoms with Crippen LogP contribution in [0.15, 0.2) is 42.2 Å². The van der Waals surface area contributed by atoms with Gasteiger partial charge in [-0.25, -0.2) is 0 Å². The molecule has 1 unspecified atom stereocenters. The highest BCUT2D eigenvalue weighted by molar-refractivity contribution is 5.04. The Kier molecular flexibility index (Phi) is 8.39. The molecule has 0 spiro atoms. The highest BCUT2D eigenvalue weighted by Gasteiger charge is 1.96. The highest BCUT2D eigenvalue weighted by Crippen LogP contribution is 2.10. The first kappa shape index (κ1) is 12.0. The van der Waals surface area contributed by atoms with E-state index in [2.05, 4.69) is 37.0 Å². The Hall–Kier alpha value is -1.00. The fourth-order valence-corrected chi connectivity index (χ4v) is 1.05. The standard InChI is InChI=1S/C13H20/c1-4-7-9-11-13(6-3)12-10-8-5-2/h4-5,7,9-11,13H,6,12H2,1-3H3. The maximum absolute atomic E-state index is 3.10. The van der Waals surface area contributed by atoms with Crippen molar-refractivity contribution in [2.75, 3.05) is 0 Å². The number of hydrogen-bond donors (Lipinski definition) is 0. The fraction of sp³-hybridized carbons (Fsp3) is 0.462. The molecule has 1 atom stereocenters. The van der Waals surface area contributed by atoms with E-state index in [1.54, 1.807) is 0 Å². The van der Waals surface area contributed by atoms with Gasteiger partial charge < -0.3 is 0 Å². The van der Waals surface area contributed by atoms with Crippen LogP contribution in [-0.4, -0.2) is 0 Å². The van der Waals surface area contributed by atoms with Crippen molar-refractivity contribution in [2.45, 2.75) is 33.6 Å². The van der Waals surface area contributed by atoms with E-state index < -0.39 is 0 Å².